The molecule has 0 saturated carbocycles. The Labute approximate surface area is 244 Å². The van der Waals surface area contributed by atoms with Crippen molar-refractivity contribution in [2.75, 3.05) is 7.11 Å². The first kappa shape index (κ1) is 28.4. The number of fused-ring (bicyclic) bond motifs is 2. The van der Waals surface area contributed by atoms with Gasteiger partial charge in [0, 0.05) is 12.8 Å². The summed E-state index contributed by atoms with van der Waals surface area (Å²) in [7, 11) is 1.29. The molecule has 5 aromatic carbocycles. The fourth-order valence-electron chi connectivity index (χ4n) is 5.11. The summed E-state index contributed by atoms with van der Waals surface area (Å²) in [6.45, 7) is 0.0608. The van der Waals surface area contributed by atoms with Crippen molar-refractivity contribution in [2.24, 2.45) is 0 Å². The van der Waals surface area contributed by atoms with Crippen molar-refractivity contribution >= 4 is 39.5 Å². The van der Waals surface area contributed by atoms with Crippen molar-refractivity contribution < 1.29 is 23.9 Å². The predicted octanol–water partition coefficient (Wildman–Crippen LogP) is 5.73. The third-order valence-electron chi connectivity index (χ3n) is 7.20. The Kier molecular flexibility index (Phi) is 9.09. The van der Waals surface area contributed by atoms with E-state index in [4.69, 9.17) is 9.47 Å². The first-order valence-corrected chi connectivity index (χ1v) is 13.8. The number of nitrogens with one attached hydrogen (secondary N) is 2. The van der Waals surface area contributed by atoms with E-state index in [1.165, 1.54) is 7.11 Å². The molecule has 2 atom stereocenters. The van der Waals surface area contributed by atoms with Crippen molar-refractivity contribution in [1.29, 1.82) is 0 Å². The minimum absolute atomic E-state index is 0.0608. The van der Waals surface area contributed by atoms with Gasteiger partial charge in [-0.05, 0) is 44.3 Å². The molecule has 5 rings (SSSR count). The lowest BCUT2D eigenvalue weighted by Gasteiger charge is -2.23. The van der Waals surface area contributed by atoms with Gasteiger partial charge >= 0.3 is 12.1 Å². The van der Waals surface area contributed by atoms with Gasteiger partial charge in [0.15, 0.2) is 0 Å². The molecule has 0 unspecified atom stereocenters. The SMILES string of the molecule is COC(=O)[C@H](Cc1c2ccccc2cc2ccccc12)NC(=O)[C@@H](Cc1ccccc1)NC(=O)OCc1ccccc1. The summed E-state index contributed by atoms with van der Waals surface area (Å²) in [5.41, 5.74) is 2.59. The number of hydrogen-bond acceptors (Lipinski definition) is 5. The molecule has 0 aliphatic rings. The smallest absolute Gasteiger partial charge is 0.408 e. The summed E-state index contributed by atoms with van der Waals surface area (Å²) < 4.78 is 10.5. The fraction of sp³-hybridized carbons (Fsp3) is 0.171. The van der Waals surface area contributed by atoms with Crippen molar-refractivity contribution in [3.05, 3.63) is 132 Å². The fourth-order valence-corrected chi connectivity index (χ4v) is 5.11. The zero-order chi connectivity index (χ0) is 29.3. The number of alkyl carbamates (subject to hydrolysis) is 1. The Hall–Kier alpha value is -5.17. The van der Waals surface area contributed by atoms with Crippen LogP contribution in [0.25, 0.3) is 21.5 Å². The van der Waals surface area contributed by atoms with Gasteiger partial charge in [-0.3, -0.25) is 4.79 Å². The number of hydrogen-bond donors (Lipinski definition) is 2. The minimum atomic E-state index is -0.993. The number of esters is 1. The van der Waals surface area contributed by atoms with Crippen molar-refractivity contribution in [3.8, 4) is 0 Å². The highest BCUT2D eigenvalue weighted by atomic mass is 16.5. The summed E-state index contributed by atoms with van der Waals surface area (Å²) in [6.07, 6.45) is -0.320. The molecule has 212 valence electrons. The van der Waals surface area contributed by atoms with Crippen molar-refractivity contribution in [1.82, 2.24) is 10.6 Å². The maximum Gasteiger partial charge on any atom is 0.408 e. The molecule has 0 saturated heterocycles. The van der Waals surface area contributed by atoms with Crippen LogP contribution in [0.3, 0.4) is 0 Å². The van der Waals surface area contributed by atoms with E-state index in [1.54, 1.807) is 0 Å². The lowest BCUT2D eigenvalue weighted by atomic mass is 9.92. The summed E-state index contributed by atoms with van der Waals surface area (Å²) in [4.78, 5) is 39.5. The molecule has 0 radical (unpaired) electrons. The Morgan fingerprint density at radius 2 is 1.19 bits per heavy atom. The average Bonchev–Trinajstić information content (AvgIpc) is 3.03. The Morgan fingerprint density at radius 1 is 0.643 bits per heavy atom. The number of carbonyl (C=O) groups is 3. The van der Waals surface area contributed by atoms with Crippen LogP contribution in [-0.2, 0) is 38.5 Å². The molecular formula is C35H32N2O5. The standard InChI is InChI=1S/C35H32N2O5/c1-41-34(39)32(22-30-28-18-10-8-16-26(28)21-27-17-9-11-19-29(27)30)36-33(38)31(20-24-12-4-2-5-13-24)37-35(40)42-23-25-14-6-3-7-15-25/h2-19,21,31-32H,20,22-23H2,1H3,(H,36,38)(H,37,40)/t31-,32+/m1/s1. The van der Waals surface area contributed by atoms with Crippen molar-refractivity contribution in [3.63, 3.8) is 0 Å². The van der Waals surface area contributed by atoms with E-state index in [-0.39, 0.29) is 19.4 Å². The number of rotatable bonds is 10. The van der Waals surface area contributed by atoms with E-state index < -0.39 is 30.1 Å². The second-order valence-electron chi connectivity index (χ2n) is 10.0. The third-order valence-corrected chi connectivity index (χ3v) is 7.20. The van der Waals surface area contributed by atoms with Gasteiger partial charge in [-0.15, -0.1) is 0 Å². The van der Waals surface area contributed by atoms with Gasteiger partial charge in [0.05, 0.1) is 7.11 Å². The highest BCUT2D eigenvalue weighted by Gasteiger charge is 2.29. The Bertz CT molecular complexity index is 1630. The zero-order valence-electron chi connectivity index (χ0n) is 23.3. The van der Waals surface area contributed by atoms with Crippen LogP contribution in [0.15, 0.2) is 115 Å². The highest BCUT2D eigenvalue weighted by Crippen LogP contribution is 2.29. The highest BCUT2D eigenvalue weighted by molar-refractivity contribution is 6.03. The van der Waals surface area contributed by atoms with Gasteiger partial charge < -0.3 is 20.1 Å². The number of methoxy groups -OCH3 is 1. The molecule has 5 aromatic rings. The maximum absolute atomic E-state index is 13.7. The second kappa shape index (κ2) is 13.5. The van der Waals surface area contributed by atoms with Crippen LogP contribution in [0.2, 0.25) is 0 Å². The minimum Gasteiger partial charge on any atom is -0.467 e. The number of benzene rings is 5. The van der Waals surface area contributed by atoms with Crippen LogP contribution in [0.4, 0.5) is 4.79 Å². The van der Waals surface area contributed by atoms with Gasteiger partial charge in [0.1, 0.15) is 18.7 Å². The molecule has 0 aromatic heterocycles. The molecule has 0 bridgehead atoms. The molecule has 2 N–H and O–H groups in total. The monoisotopic (exact) mass is 560 g/mol. The lowest BCUT2D eigenvalue weighted by molar-refractivity contribution is -0.145. The summed E-state index contributed by atoms with van der Waals surface area (Å²) >= 11 is 0. The van der Waals surface area contributed by atoms with E-state index in [2.05, 4.69) is 16.7 Å². The largest absolute Gasteiger partial charge is 0.467 e. The molecule has 0 spiro atoms. The lowest BCUT2D eigenvalue weighted by Crippen LogP contribution is -2.53. The normalized spacial score (nSPS) is 12.3. The van der Waals surface area contributed by atoms with E-state index in [0.717, 1.165) is 38.2 Å². The topological polar surface area (TPSA) is 93.7 Å². The molecular weight excluding hydrogens is 528 g/mol. The molecule has 0 aliphatic heterocycles. The van der Waals surface area contributed by atoms with Gasteiger partial charge in [0.25, 0.3) is 0 Å². The van der Waals surface area contributed by atoms with Crippen molar-refractivity contribution in [2.45, 2.75) is 31.5 Å². The third kappa shape index (κ3) is 6.93. The predicted molar refractivity (Wildman–Crippen MR) is 163 cm³/mol. The van der Waals surface area contributed by atoms with Gasteiger partial charge in [-0.1, -0.05) is 109 Å². The Balaban J connectivity index is 1.40. The zero-order valence-corrected chi connectivity index (χ0v) is 23.3. The van der Waals surface area contributed by atoms with E-state index in [1.807, 2.05) is 109 Å². The van der Waals surface area contributed by atoms with Gasteiger partial charge in [-0.25, -0.2) is 9.59 Å². The first-order chi connectivity index (χ1) is 20.5. The molecule has 7 heteroatoms. The van der Waals surface area contributed by atoms with E-state index >= 15 is 0 Å². The molecule has 0 aliphatic carbocycles. The molecule has 0 fully saturated rings. The second-order valence-corrected chi connectivity index (χ2v) is 10.0. The quantitative estimate of drug-likeness (QED) is 0.168. The number of amides is 2. The summed E-state index contributed by atoms with van der Waals surface area (Å²) in [5, 5.41) is 9.60. The van der Waals surface area contributed by atoms with Crippen LogP contribution < -0.4 is 10.6 Å². The summed E-state index contributed by atoms with van der Waals surface area (Å²) in [6, 6.07) is 34.7. The molecule has 2 amide bonds. The molecule has 42 heavy (non-hydrogen) atoms. The van der Waals surface area contributed by atoms with Crippen LogP contribution in [0.1, 0.15) is 16.7 Å². The summed E-state index contributed by atoms with van der Waals surface area (Å²) in [5.74, 6) is -1.10. The average molecular weight is 561 g/mol. The van der Waals surface area contributed by atoms with Gasteiger partial charge in [-0.2, -0.15) is 0 Å². The van der Waals surface area contributed by atoms with E-state index in [0.29, 0.717) is 0 Å². The van der Waals surface area contributed by atoms with Gasteiger partial charge in [0.2, 0.25) is 5.91 Å². The molecule has 0 heterocycles. The van der Waals surface area contributed by atoms with Crippen LogP contribution in [0, 0.1) is 0 Å². The first-order valence-electron chi connectivity index (χ1n) is 13.8. The molecule has 7 nitrogen and oxygen atoms in total. The van der Waals surface area contributed by atoms with Crippen LogP contribution in [-0.4, -0.2) is 37.2 Å². The maximum atomic E-state index is 13.7. The van der Waals surface area contributed by atoms with Crippen LogP contribution in [0.5, 0.6) is 0 Å². The van der Waals surface area contributed by atoms with E-state index in [9.17, 15) is 14.4 Å². The number of ether oxygens (including phenoxy) is 2. The Morgan fingerprint density at radius 3 is 1.79 bits per heavy atom. The van der Waals surface area contributed by atoms with Crippen LogP contribution >= 0.6 is 0 Å². The number of carbonyl (C=O) groups excluding carboxylic acids is 3.